The average Bonchev–Trinajstić information content (AvgIpc) is 3.50. The van der Waals surface area contributed by atoms with E-state index in [1.165, 1.54) is 5.56 Å². The SMILES string of the molecule is COc1ccc([C@H]2[C@@H]3CN(C(=O)c4cccc(-c5cn[nH]c5)c4)C[C@@H]3CN2C)cc1.Cl. The maximum atomic E-state index is 13.3. The summed E-state index contributed by atoms with van der Waals surface area (Å²) in [7, 11) is 3.88. The van der Waals surface area contributed by atoms with Gasteiger partial charge in [0.25, 0.3) is 5.91 Å². The van der Waals surface area contributed by atoms with Crippen LogP contribution in [0.15, 0.2) is 60.9 Å². The normalized spacial score (nSPS) is 22.8. The highest BCUT2D eigenvalue weighted by atomic mass is 35.5. The second-order valence-electron chi connectivity index (χ2n) is 8.36. The van der Waals surface area contributed by atoms with Gasteiger partial charge in [0, 0.05) is 48.9 Å². The second-order valence-corrected chi connectivity index (χ2v) is 8.36. The number of nitrogens with one attached hydrogen (secondary N) is 1. The summed E-state index contributed by atoms with van der Waals surface area (Å²) in [6.07, 6.45) is 3.62. The van der Waals surface area contributed by atoms with Crippen LogP contribution in [0.4, 0.5) is 0 Å². The summed E-state index contributed by atoms with van der Waals surface area (Å²) in [5.41, 5.74) is 4.03. The van der Waals surface area contributed by atoms with E-state index < -0.39 is 0 Å². The van der Waals surface area contributed by atoms with E-state index in [2.05, 4.69) is 34.3 Å². The fourth-order valence-electron chi connectivity index (χ4n) is 5.15. The van der Waals surface area contributed by atoms with Gasteiger partial charge in [-0.2, -0.15) is 5.10 Å². The molecule has 3 atom stereocenters. The van der Waals surface area contributed by atoms with Crippen molar-refractivity contribution in [1.29, 1.82) is 0 Å². The van der Waals surface area contributed by atoms with E-state index >= 15 is 0 Å². The highest BCUT2D eigenvalue weighted by molar-refractivity contribution is 5.95. The van der Waals surface area contributed by atoms with E-state index in [-0.39, 0.29) is 18.3 Å². The number of hydrogen-bond donors (Lipinski definition) is 1. The summed E-state index contributed by atoms with van der Waals surface area (Å²) in [4.78, 5) is 17.7. The van der Waals surface area contributed by atoms with Crippen LogP contribution in [0.3, 0.4) is 0 Å². The molecule has 0 saturated carbocycles. The number of likely N-dealkylation sites (tertiary alicyclic amines) is 2. The van der Waals surface area contributed by atoms with Crippen LogP contribution < -0.4 is 4.74 Å². The maximum Gasteiger partial charge on any atom is 0.253 e. The van der Waals surface area contributed by atoms with Crippen LogP contribution in [0.1, 0.15) is 22.0 Å². The lowest BCUT2D eigenvalue weighted by atomic mass is 9.89. The minimum absolute atomic E-state index is 0. The number of H-pyrrole nitrogens is 1. The largest absolute Gasteiger partial charge is 0.497 e. The van der Waals surface area contributed by atoms with Crippen LogP contribution in [0.2, 0.25) is 0 Å². The lowest BCUT2D eigenvalue weighted by Gasteiger charge is -2.27. The molecule has 1 N–H and O–H groups in total. The van der Waals surface area contributed by atoms with Crippen molar-refractivity contribution in [3.8, 4) is 16.9 Å². The minimum atomic E-state index is 0. The van der Waals surface area contributed by atoms with Crippen molar-refractivity contribution in [3.63, 3.8) is 0 Å². The first kappa shape index (κ1) is 21.4. The average molecular weight is 439 g/mol. The maximum absolute atomic E-state index is 13.3. The molecule has 2 aromatic carbocycles. The van der Waals surface area contributed by atoms with Gasteiger partial charge in [0.15, 0.2) is 0 Å². The molecule has 2 aliphatic rings. The van der Waals surface area contributed by atoms with Crippen LogP contribution in [0.25, 0.3) is 11.1 Å². The molecule has 0 radical (unpaired) electrons. The molecule has 0 aliphatic carbocycles. The molecule has 0 spiro atoms. The molecular formula is C24H27ClN4O2. The van der Waals surface area contributed by atoms with Crippen molar-refractivity contribution < 1.29 is 9.53 Å². The Hall–Kier alpha value is -2.83. The van der Waals surface area contributed by atoms with Crippen molar-refractivity contribution in [2.45, 2.75) is 6.04 Å². The molecule has 7 heteroatoms. The highest BCUT2D eigenvalue weighted by Crippen LogP contribution is 2.44. The third-order valence-electron chi connectivity index (χ3n) is 6.58. The van der Waals surface area contributed by atoms with Gasteiger partial charge in [-0.3, -0.25) is 14.8 Å². The van der Waals surface area contributed by atoms with Gasteiger partial charge in [-0.1, -0.05) is 24.3 Å². The number of halogens is 1. The molecule has 3 aromatic rings. The summed E-state index contributed by atoms with van der Waals surface area (Å²) >= 11 is 0. The Bertz CT molecular complexity index is 1040. The van der Waals surface area contributed by atoms with E-state index in [1.807, 2.05) is 47.5 Å². The molecule has 1 aromatic heterocycles. The topological polar surface area (TPSA) is 61.5 Å². The van der Waals surface area contributed by atoms with Gasteiger partial charge in [0.2, 0.25) is 0 Å². The van der Waals surface area contributed by atoms with Gasteiger partial charge in [-0.05, 0) is 48.4 Å². The molecular weight excluding hydrogens is 412 g/mol. The fourth-order valence-corrected chi connectivity index (χ4v) is 5.15. The Morgan fingerprint density at radius 1 is 1.10 bits per heavy atom. The minimum Gasteiger partial charge on any atom is -0.497 e. The number of nitrogens with zero attached hydrogens (tertiary/aromatic N) is 3. The van der Waals surface area contributed by atoms with Crippen LogP contribution in [0, 0.1) is 11.8 Å². The molecule has 5 rings (SSSR count). The van der Waals surface area contributed by atoms with Crippen LogP contribution in [0.5, 0.6) is 5.75 Å². The number of fused-ring (bicyclic) bond motifs is 1. The van der Waals surface area contributed by atoms with Gasteiger partial charge in [-0.25, -0.2) is 0 Å². The van der Waals surface area contributed by atoms with E-state index in [1.54, 1.807) is 13.3 Å². The number of aromatic amines is 1. The number of amides is 1. The molecule has 0 bridgehead atoms. The van der Waals surface area contributed by atoms with Crippen molar-refractivity contribution in [1.82, 2.24) is 20.0 Å². The Kier molecular flexibility index (Phi) is 6.03. The summed E-state index contributed by atoms with van der Waals surface area (Å²) in [6.45, 7) is 2.62. The van der Waals surface area contributed by atoms with Gasteiger partial charge in [-0.15, -0.1) is 12.4 Å². The van der Waals surface area contributed by atoms with E-state index in [0.717, 1.165) is 42.1 Å². The van der Waals surface area contributed by atoms with Gasteiger partial charge in [0.1, 0.15) is 5.75 Å². The molecule has 31 heavy (non-hydrogen) atoms. The summed E-state index contributed by atoms with van der Waals surface area (Å²) in [5.74, 6) is 1.94. The predicted octanol–water partition coefficient (Wildman–Crippen LogP) is 3.88. The number of methoxy groups -OCH3 is 1. The monoisotopic (exact) mass is 438 g/mol. The van der Waals surface area contributed by atoms with Crippen LogP contribution >= 0.6 is 12.4 Å². The number of ether oxygens (including phenoxy) is 1. The summed E-state index contributed by atoms with van der Waals surface area (Å²) in [6, 6.07) is 16.5. The van der Waals surface area contributed by atoms with E-state index in [4.69, 9.17) is 4.74 Å². The van der Waals surface area contributed by atoms with Crippen molar-refractivity contribution in [3.05, 3.63) is 72.1 Å². The van der Waals surface area contributed by atoms with Crippen molar-refractivity contribution >= 4 is 18.3 Å². The zero-order chi connectivity index (χ0) is 20.7. The van der Waals surface area contributed by atoms with Crippen molar-refractivity contribution in [2.24, 2.45) is 11.8 Å². The van der Waals surface area contributed by atoms with Crippen LogP contribution in [-0.2, 0) is 0 Å². The predicted molar refractivity (Wildman–Crippen MR) is 123 cm³/mol. The molecule has 0 unspecified atom stereocenters. The lowest BCUT2D eigenvalue weighted by molar-refractivity contribution is 0.0768. The first-order chi connectivity index (χ1) is 14.6. The molecule has 2 saturated heterocycles. The van der Waals surface area contributed by atoms with Crippen LogP contribution in [-0.4, -0.2) is 59.7 Å². The lowest BCUT2D eigenvalue weighted by Crippen LogP contribution is -2.33. The number of rotatable bonds is 4. The molecule has 3 heterocycles. The Labute approximate surface area is 188 Å². The number of aromatic nitrogens is 2. The number of carbonyl (C=O) groups excluding carboxylic acids is 1. The molecule has 1 amide bonds. The van der Waals surface area contributed by atoms with Gasteiger partial charge in [0.05, 0.1) is 13.3 Å². The molecule has 2 aliphatic heterocycles. The highest BCUT2D eigenvalue weighted by Gasteiger charge is 2.47. The standard InChI is InChI=1S/C24H26N4O2.ClH/c1-27-13-20-14-28(15-22(20)23(27)16-6-8-21(30-2)9-7-16)24(29)18-5-3-4-17(10-18)19-11-25-26-12-19;/h3-12,20,22-23H,13-15H2,1-2H3,(H,25,26);1H/t20-,22+,23-;/m0./s1. The first-order valence-corrected chi connectivity index (χ1v) is 10.4. The quantitative estimate of drug-likeness (QED) is 0.671. The van der Waals surface area contributed by atoms with Gasteiger partial charge >= 0.3 is 0 Å². The number of hydrogen-bond acceptors (Lipinski definition) is 4. The Morgan fingerprint density at radius 3 is 2.61 bits per heavy atom. The fraction of sp³-hybridized carbons (Fsp3) is 0.333. The molecule has 162 valence electrons. The summed E-state index contributed by atoms with van der Waals surface area (Å²) in [5, 5.41) is 6.84. The number of carbonyl (C=O) groups is 1. The zero-order valence-electron chi connectivity index (χ0n) is 17.7. The number of benzene rings is 2. The third kappa shape index (κ3) is 3.93. The Balaban J connectivity index is 0.00000231. The molecule has 6 nitrogen and oxygen atoms in total. The smallest absolute Gasteiger partial charge is 0.253 e. The zero-order valence-corrected chi connectivity index (χ0v) is 18.5. The van der Waals surface area contributed by atoms with E-state index in [9.17, 15) is 4.79 Å². The van der Waals surface area contributed by atoms with Crippen molar-refractivity contribution in [2.75, 3.05) is 33.8 Å². The summed E-state index contributed by atoms with van der Waals surface area (Å²) < 4.78 is 5.31. The van der Waals surface area contributed by atoms with E-state index in [0.29, 0.717) is 17.9 Å². The molecule has 2 fully saturated rings. The second kappa shape index (κ2) is 8.73. The first-order valence-electron chi connectivity index (χ1n) is 10.4. The third-order valence-corrected chi connectivity index (χ3v) is 6.58. The van der Waals surface area contributed by atoms with Gasteiger partial charge < -0.3 is 9.64 Å². The Morgan fingerprint density at radius 2 is 1.90 bits per heavy atom.